The maximum Gasteiger partial charge on any atom is 0.328 e. The van der Waals surface area contributed by atoms with E-state index in [1.807, 2.05) is 6.92 Å². The fraction of sp³-hybridized carbons (Fsp3) is 0.400. The lowest BCUT2D eigenvalue weighted by atomic mass is 10.0. The number of nitrogen functional groups attached to an aromatic ring is 2. The number of methoxy groups -OCH3 is 2. The van der Waals surface area contributed by atoms with Crippen LogP contribution in [-0.2, 0) is 32.0 Å². The Kier molecular flexibility index (Phi) is 8.55. The summed E-state index contributed by atoms with van der Waals surface area (Å²) in [5.74, 6) is -1.38. The van der Waals surface area contributed by atoms with Crippen LogP contribution in [0.2, 0.25) is 0 Å². The van der Waals surface area contributed by atoms with Gasteiger partial charge in [-0.2, -0.15) is 9.97 Å². The third-order valence-electron chi connectivity index (χ3n) is 6.47. The number of aromatic nitrogens is 4. The molecule has 1 aromatic carbocycles. The van der Waals surface area contributed by atoms with E-state index in [-0.39, 0.29) is 42.3 Å². The quantitative estimate of drug-likeness (QED) is 0.201. The van der Waals surface area contributed by atoms with Crippen LogP contribution in [0.15, 0.2) is 18.3 Å². The predicted octanol–water partition coefficient (Wildman–Crippen LogP) is 0.676. The number of nitrogens with one attached hydrogen (secondary N) is 1. The van der Waals surface area contributed by atoms with E-state index < -0.39 is 23.9 Å². The van der Waals surface area contributed by atoms with Crippen molar-refractivity contribution in [2.24, 2.45) is 0 Å². The number of fused-ring (bicyclic) bond motifs is 2. The molecule has 2 aromatic heterocycles. The number of hydrazine groups is 1. The van der Waals surface area contributed by atoms with Gasteiger partial charge in [-0.25, -0.2) is 14.8 Å². The van der Waals surface area contributed by atoms with E-state index >= 15 is 0 Å². The topological polar surface area (TPSA) is 212 Å². The minimum absolute atomic E-state index is 0.000255. The number of aryl methyl sites for hydroxylation is 1. The zero-order chi connectivity index (χ0) is 29.0. The SMILES string of the molecule is COC(=O)CCC[C@H](NC(=O)c1cc(C)c2c(c1)CCN2N(O)Cc1cnc2nc(N)nc(N)c2n1)C(=O)OC. The lowest BCUT2D eigenvalue weighted by Crippen LogP contribution is -2.41. The molecule has 3 heterocycles. The highest BCUT2D eigenvalue weighted by atomic mass is 16.5. The number of hydrogen-bond acceptors (Lipinski definition) is 14. The number of anilines is 3. The standard InChI is InChI=1S/C25H31N9O6/c1-13-9-15(23(36)30-17(24(37)40-3)5-4-6-18(35)39-2)10-14-7-8-33(20(13)14)34(38)12-16-11-28-22-19(29-16)21(26)31-25(27)32-22/h9-11,17,38H,4-8,12H2,1-3H3,(H,30,36)(H4,26,27,28,31,32)/t17-/m0/s1. The molecule has 0 saturated heterocycles. The molecule has 4 rings (SSSR count). The second kappa shape index (κ2) is 12.0. The van der Waals surface area contributed by atoms with E-state index in [1.165, 1.54) is 20.4 Å². The summed E-state index contributed by atoms with van der Waals surface area (Å²) in [7, 11) is 2.52. The van der Waals surface area contributed by atoms with Crippen LogP contribution in [0.4, 0.5) is 17.5 Å². The van der Waals surface area contributed by atoms with Gasteiger partial charge in [-0.3, -0.25) is 19.8 Å². The third kappa shape index (κ3) is 6.16. The highest BCUT2D eigenvalue weighted by molar-refractivity contribution is 5.98. The van der Waals surface area contributed by atoms with Crippen molar-refractivity contribution in [1.82, 2.24) is 30.4 Å². The molecule has 1 amide bonds. The Labute approximate surface area is 229 Å². The second-order valence-electron chi connectivity index (χ2n) is 9.22. The smallest absolute Gasteiger partial charge is 0.328 e. The van der Waals surface area contributed by atoms with Crippen molar-refractivity contribution in [2.75, 3.05) is 37.2 Å². The summed E-state index contributed by atoms with van der Waals surface area (Å²) < 4.78 is 9.44. The molecule has 212 valence electrons. The van der Waals surface area contributed by atoms with Gasteiger partial charge in [0.25, 0.3) is 5.91 Å². The van der Waals surface area contributed by atoms with E-state index in [9.17, 15) is 19.6 Å². The number of carbonyl (C=O) groups is 3. The lowest BCUT2D eigenvalue weighted by molar-refractivity contribution is -0.144. The number of esters is 2. The van der Waals surface area contributed by atoms with E-state index in [2.05, 4.69) is 30.0 Å². The van der Waals surface area contributed by atoms with Gasteiger partial charge in [0, 0.05) is 18.5 Å². The van der Waals surface area contributed by atoms with Gasteiger partial charge in [0.05, 0.1) is 38.3 Å². The average molecular weight is 554 g/mol. The first kappa shape index (κ1) is 28.4. The first-order chi connectivity index (χ1) is 19.1. The van der Waals surface area contributed by atoms with Crippen LogP contribution in [0.5, 0.6) is 0 Å². The Morgan fingerprint density at radius 2 is 1.95 bits per heavy atom. The summed E-state index contributed by atoms with van der Waals surface area (Å²) in [5.41, 5.74) is 15.2. The Morgan fingerprint density at radius 1 is 1.18 bits per heavy atom. The summed E-state index contributed by atoms with van der Waals surface area (Å²) in [6.45, 7) is 2.29. The molecule has 1 aliphatic heterocycles. The molecular weight excluding hydrogens is 522 g/mol. The van der Waals surface area contributed by atoms with Crippen LogP contribution in [-0.4, -0.2) is 75.0 Å². The fourth-order valence-electron chi connectivity index (χ4n) is 4.59. The van der Waals surface area contributed by atoms with Crippen LogP contribution in [0, 0.1) is 6.92 Å². The number of hydrogen-bond donors (Lipinski definition) is 4. The number of nitrogens with two attached hydrogens (primary N) is 2. The molecule has 0 radical (unpaired) electrons. The number of amides is 1. The van der Waals surface area contributed by atoms with Gasteiger partial charge in [-0.05, 0) is 49.4 Å². The monoisotopic (exact) mass is 553 g/mol. The van der Waals surface area contributed by atoms with Crippen molar-refractivity contribution in [3.05, 3.63) is 40.7 Å². The van der Waals surface area contributed by atoms with Crippen LogP contribution in [0.3, 0.4) is 0 Å². The summed E-state index contributed by atoms with van der Waals surface area (Å²) in [5, 5.41) is 16.3. The maximum atomic E-state index is 13.1. The first-order valence-corrected chi connectivity index (χ1v) is 12.5. The van der Waals surface area contributed by atoms with Gasteiger partial charge in [-0.1, -0.05) is 5.17 Å². The van der Waals surface area contributed by atoms with Gasteiger partial charge in [0.2, 0.25) is 5.95 Å². The van der Waals surface area contributed by atoms with Gasteiger partial charge < -0.3 is 26.3 Å². The Bertz CT molecular complexity index is 1450. The molecule has 40 heavy (non-hydrogen) atoms. The van der Waals surface area contributed by atoms with Crippen molar-refractivity contribution in [3.63, 3.8) is 0 Å². The molecule has 0 bridgehead atoms. The van der Waals surface area contributed by atoms with Crippen molar-refractivity contribution in [1.29, 1.82) is 0 Å². The summed E-state index contributed by atoms with van der Waals surface area (Å²) in [4.78, 5) is 53.2. The molecule has 1 aliphatic rings. The van der Waals surface area contributed by atoms with E-state index in [0.717, 1.165) is 22.0 Å². The molecule has 0 aliphatic carbocycles. The van der Waals surface area contributed by atoms with Crippen molar-refractivity contribution < 1.29 is 29.1 Å². The number of benzene rings is 1. The van der Waals surface area contributed by atoms with Crippen LogP contribution < -0.4 is 21.8 Å². The van der Waals surface area contributed by atoms with Crippen LogP contribution in [0.25, 0.3) is 11.2 Å². The third-order valence-corrected chi connectivity index (χ3v) is 6.47. The molecule has 3 aromatic rings. The van der Waals surface area contributed by atoms with Gasteiger partial charge >= 0.3 is 11.9 Å². The Hall–Kier alpha value is -4.63. The molecule has 6 N–H and O–H groups in total. The predicted molar refractivity (Wildman–Crippen MR) is 143 cm³/mol. The largest absolute Gasteiger partial charge is 0.469 e. The molecule has 0 unspecified atom stereocenters. The molecule has 15 heteroatoms. The molecule has 1 atom stereocenters. The van der Waals surface area contributed by atoms with E-state index in [1.54, 1.807) is 17.1 Å². The molecule has 15 nitrogen and oxygen atoms in total. The minimum atomic E-state index is -0.918. The van der Waals surface area contributed by atoms with Gasteiger partial charge in [0.1, 0.15) is 6.04 Å². The highest BCUT2D eigenvalue weighted by Gasteiger charge is 2.29. The van der Waals surface area contributed by atoms with Gasteiger partial charge in [-0.15, -0.1) is 0 Å². The summed E-state index contributed by atoms with van der Waals surface area (Å²) in [6, 6.07) is 2.49. The minimum Gasteiger partial charge on any atom is -0.469 e. The Balaban J connectivity index is 1.47. The molecule has 0 fully saturated rings. The molecule has 0 spiro atoms. The fourth-order valence-corrected chi connectivity index (χ4v) is 4.59. The van der Waals surface area contributed by atoms with Crippen molar-refractivity contribution in [3.8, 4) is 0 Å². The number of rotatable bonds is 10. The highest BCUT2D eigenvalue weighted by Crippen LogP contribution is 2.34. The summed E-state index contributed by atoms with van der Waals surface area (Å²) in [6.07, 6.45) is 2.71. The Morgan fingerprint density at radius 3 is 2.67 bits per heavy atom. The molecule has 0 saturated carbocycles. The number of carbonyl (C=O) groups excluding carboxylic acids is 3. The first-order valence-electron chi connectivity index (χ1n) is 12.5. The number of nitrogens with zero attached hydrogens (tertiary/aromatic N) is 6. The van der Waals surface area contributed by atoms with Gasteiger partial charge in [0.15, 0.2) is 17.0 Å². The van der Waals surface area contributed by atoms with Crippen molar-refractivity contribution in [2.45, 2.75) is 45.2 Å². The van der Waals surface area contributed by atoms with E-state index in [0.29, 0.717) is 30.6 Å². The van der Waals surface area contributed by atoms with E-state index in [4.69, 9.17) is 16.2 Å². The normalized spacial score (nSPS) is 13.3. The number of ether oxygens (including phenoxy) is 2. The molecular formula is C25H31N9O6. The second-order valence-corrected chi connectivity index (χ2v) is 9.22. The summed E-state index contributed by atoms with van der Waals surface area (Å²) >= 11 is 0. The maximum absolute atomic E-state index is 13.1. The zero-order valence-electron chi connectivity index (χ0n) is 22.4. The van der Waals surface area contributed by atoms with Crippen LogP contribution >= 0.6 is 0 Å². The lowest BCUT2D eigenvalue weighted by Gasteiger charge is -2.29. The van der Waals surface area contributed by atoms with Crippen LogP contribution in [0.1, 0.15) is 46.4 Å². The zero-order valence-corrected chi connectivity index (χ0v) is 22.4. The van der Waals surface area contributed by atoms with Crippen molar-refractivity contribution >= 4 is 46.5 Å². The number of hydroxylamine groups is 1. The average Bonchev–Trinajstić information content (AvgIpc) is 3.37.